The molecule has 3 aromatic rings. The summed E-state index contributed by atoms with van der Waals surface area (Å²) in [5, 5.41) is 14.4. The summed E-state index contributed by atoms with van der Waals surface area (Å²) in [6.45, 7) is 0. The molecule has 0 heterocycles. The number of benzene rings is 3. The average molecular weight is 4340 g/mol. The van der Waals surface area contributed by atoms with Crippen molar-refractivity contribution in [2.75, 3.05) is 42.4 Å². The zero-order chi connectivity index (χ0) is 53.3. The van der Waals surface area contributed by atoms with Gasteiger partial charge in [0, 0.05) is 0 Å². The topological polar surface area (TPSA) is 117 Å². The van der Waals surface area contributed by atoms with Gasteiger partial charge in [-0.25, -0.2) is 9.59 Å². The number of nitrogens with zero attached hydrogens (tertiary/aromatic N) is 1. The molecule has 420 valence electrons. The number of esters is 2. The van der Waals surface area contributed by atoms with Crippen LogP contribution in [0.3, 0.4) is 0 Å². The van der Waals surface area contributed by atoms with Crippen LogP contribution >= 0.6 is 408 Å². The molecule has 0 aliphatic rings. The Morgan fingerprint density at radius 1 is 0.435 bits per heavy atom. The number of ether oxygens (including phenoxy) is 2. The average Bonchev–Trinajstić information content (AvgIpc) is 3.35. The number of carboxylic acids is 1. The van der Waals surface area contributed by atoms with Crippen molar-refractivity contribution in [3.8, 4) is 0 Å². The number of methoxy groups -OCH3 is 2. The molecule has 0 radical (unpaired) electrons. The summed E-state index contributed by atoms with van der Waals surface area (Å²) in [6.07, 6.45) is 0. The Morgan fingerprint density at radius 3 is 0.899 bits per heavy atom. The van der Waals surface area contributed by atoms with E-state index < -0.39 is 123 Å². The molecular formula is C30H39I30N3O6. The molecule has 0 spiro atoms. The monoisotopic (exact) mass is 4340 g/mol. The number of nitrogens with one attached hydrogen (secondary N) is 2. The molecule has 0 unspecified atom stereocenters. The molecule has 0 bridgehead atoms. The third-order valence-corrected chi connectivity index (χ3v) is 2150. The molecule has 0 amide bonds. The molecular weight excluding hydrogens is 4310 g/mol. The van der Waals surface area contributed by atoms with Crippen LogP contribution in [0.25, 0.3) is 0 Å². The van der Waals surface area contributed by atoms with Gasteiger partial charge in [0.05, 0.1) is 14.2 Å². The van der Waals surface area contributed by atoms with Gasteiger partial charge in [0.1, 0.15) is 18.1 Å². The van der Waals surface area contributed by atoms with Crippen LogP contribution in [0.5, 0.6) is 0 Å². The minimum atomic E-state index is -0.858. The standard InChI is InChI=1S/C11H15NO2.C10H13NO2.C9H11NO2.I30/c1-12(2)10(11(13)14-3)9-7-5-4-6-8-9;1-11-9(10(12)13-2)8-6-4-3-5-7-8;1-10-8(9(11)12)7-5-3-2-4-6-7;1-17(2)19(5)21(7)23(9)25(11)27(13)29(15)30(16)28(14)26(12)24(10)22(8)20(6)18(3)4/h4-8,10H,1-3H3;3-7,9,11H,1-2H3;2-6,8,10H,1H3,(H,11,12);/t10-;9-;8-;/m111./s1. The minimum absolute atomic E-state index is 0.235. The first-order valence-corrected chi connectivity index (χ1v) is 199. The maximum absolute atomic E-state index is 11.5. The second-order valence-corrected chi connectivity index (χ2v) is 693. The number of rotatable bonds is 22. The van der Waals surface area contributed by atoms with E-state index in [-0.39, 0.29) is 24.0 Å². The Bertz CT molecular complexity index is 1820. The quantitative estimate of drug-likeness (QED) is 0.0668. The molecule has 9 nitrogen and oxygen atoms in total. The molecule has 69 heavy (non-hydrogen) atoms. The molecule has 0 saturated heterocycles. The van der Waals surface area contributed by atoms with Crippen LogP contribution < -0.4 is 10.6 Å². The Labute approximate surface area is 614 Å². The molecule has 39 heteroatoms. The van der Waals surface area contributed by atoms with Gasteiger partial charge in [-0.3, -0.25) is 9.69 Å². The zero-order valence-electron chi connectivity index (χ0n) is 34.7. The Kier molecular flexibility index (Phi) is 65.7. The van der Waals surface area contributed by atoms with Gasteiger partial charge in [-0.15, -0.1) is 0 Å². The van der Waals surface area contributed by atoms with E-state index in [0.29, 0.717) is 0 Å². The molecule has 0 aliphatic carbocycles. The van der Waals surface area contributed by atoms with Crippen LogP contribution in [0.4, 0.5) is 0 Å². The van der Waals surface area contributed by atoms with Gasteiger partial charge in [0.2, 0.25) is 0 Å². The van der Waals surface area contributed by atoms with Gasteiger partial charge in [-0.1, -0.05) is 91.0 Å². The van der Waals surface area contributed by atoms with Crippen LogP contribution in [0.15, 0.2) is 91.0 Å². The van der Waals surface area contributed by atoms with Gasteiger partial charge in [0.25, 0.3) is 0 Å². The molecule has 0 saturated carbocycles. The first-order valence-electron chi connectivity index (χ1n) is 16.4. The van der Waals surface area contributed by atoms with E-state index in [4.69, 9.17) is 9.84 Å². The third kappa shape index (κ3) is 35.8. The van der Waals surface area contributed by atoms with Gasteiger partial charge in [-0.2, -0.15) is 0 Å². The number of aliphatic carboxylic acids is 1. The molecule has 3 atom stereocenters. The van der Waals surface area contributed by atoms with E-state index in [0.717, 1.165) is 16.7 Å². The third-order valence-electron chi connectivity index (χ3n) is 6.64. The van der Waals surface area contributed by atoms with Crippen molar-refractivity contribution >= 4 is 426 Å². The number of hydrogen-bond donors (Lipinski definition) is 3. The van der Waals surface area contributed by atoms with Crippen LogP contribution in [-0.4, -0.2) is 70.3 Å². The van der Waals surface area contributed by atoms with Gasteiger partial charge < -0.3 is 25.2 Å². The normalized spacial score (nSPS) is 15.0. The Hall–Kier alpha value is 17.9. The van der Waals surface area contributed by atoms with Crippen molar-refractivity contribution in [3.63, 3.8) is 0 Å². The van der Waals surface area contributed by atoms with E-state index in [1.165, 1.54) is 14.2 Å². The molecule has 0 aromatic heterocycles. The second kappa shape index (κ2) is 52.2. The first kappa shape index (κ1) is 86.9. The molecule has 3 rings (SSSR count). The SMILES string of the molecule is CN[C@@H](C(=O)O)c1ccccc1.CN[C@@H](C(=O)OC)c1ccccc1.COC(=O)[C@@H](c1ccccc1)N(C)C.II(I)I(I)I(I)I(I)I(I)I(I)I(I)I(I)I(I)I(I)I(I)I(I)I(I)I(I)I. The van der Waals surface area contributed by atoms with Crippen molar-refractivity contribution in [2.24, 2.45) is 0 Å². The summed E-state index contributed by atoms with van der Waals surface area (Å²) in [5.74, 6) is -1.36. The van der Waals surface area contributed by atoms with Crippen molar-refractivity contribution in [3.05, 3.63) is 108 Å². The molecule has 0 fully saturated rings. The summed E-state index contributed by atoms with van der Waals surface area (Å²) < 4.78 is 9.40. The summed E-state index contributed by atoms with van der Waals surface area (Å²) in [4.78, 5) is 35.3. The summed E-state index contributed by atoms with van der Waals surface area (Å²) in [6, 6.07) is 26.8. The van der Waals surface area contributed by atoms with Crippen molar-refractivity contribution in [1.29, 1.82) is 0 Å². The van der Waals surface area contributed by atoms with Crippen LogP contribution in [0, 0.1) is 0 Å². The number of hydrogen-bond acceptors (Lipinski definition) is 8. The Morgan fingerprint density at radius 2 is 0.681 bits per heavy atom. The molecule has 3 aromatic carbocycles. The fourth-order valence-corrected chi connectivity index (χ4v) is 5030. The van der Waals surface area contributed by atoms with Crippen molar-refractivity contribution < 1.29 is 29.0 Å². The van der Waals surface area contributed by atoms with Crippen molar-refractivity contribution in [1.82, 2.24) is 15.5 Å². The maximum atomic E-state index is 11.5. The predicted octanol–water partition coefficient (Wildman–Crippen LogP) is 30.2. The van der Waals surface area contributed by atoms with Gasteiger partial charge in [-0.05, 0) is 44.9 Å². The Balaban J connectivity index is 0.000000980. The molecule has 0 aliphatic heterocycles. The van der Waals surface area contributed by atoms with Crippen LogP contribution in [0.1, 0.15) is 34.8 Å². The zero-order valence-corrected chi connectivity index (χ0v) is 99.4. The van der Waals surface area contributed by atoms with E-state index in [1.807, 2.05) is 97.9 Å². The van der Waals surface area contributed by atoms with Crippen LogP contribution in [0.2, 0.25) is 0 Å². The fourth-order valence-electron chi connectivity index (χ4n) is 4.02. The number of halogens is 30. The number of likely N-dealkylation sites (N-methyl/N-ethyl adjacent to an activating group) is 3. The first-order chi connectivity index (χ1) is 32.3. The molecule has 3 N–H and O–H groups in total. The summed E-state index contributed by atoms with van der Waals surface area (Å²) in [5.41, 5.74) is 2.63. The number of carboxylic acid groups (broad SMARTS) is 1. The van der Waals surface area contributed by atoms with Gasteiger partial charge in [0.15, 0.2) is 0 Å². The van der Waals surface area contributed by atoms with E-state index in [1.54, 1.807) is 26.2 Å². The number of carbonyl (C=O) groups is 3. The van der Waals surface area contributed by atoms with E-state index in [9.17, 15) is 14.4 Å². The van der Waals surface area contributed by atoms with Crippen LogP contribution in [-0.2, 0) is 23.9 Å². The fraction of sp³-hybridized carbons (Fsp3) is 0.300. The summed E-state index contributed by atoms with van der Waals surface area (Å²) >= 11 is 50.3. The second-order valence-electron chi connectivity index (χ2n) is 10.7. The summed E-state index contributed by atoms with van der Waals surface area (Å²) in [7, 11) is 3.36. The predicted molar refractivity (Wildman–Crippen MR) is 572 cm³/mol. The van der Waals surface area contributed by atoms with E-state index in [2.05, 4.69) is 313 Å². The van der Waals surface area contributed by atoms with E-state index >= 15 is 0 Å². The van der Waals surface area contributed by atoms with Gasteiger partial charge >= 0.3 is 426 Å². The number of carbonyl (C=O) groups excluding carboxylic acids is 2. The van der Waals surface area contributed by atoms with Crippen molar-refractivity contribution in [2.45, 2.75) is 18.1 Å².